The molecule has 0 aliphatic heterocycles. The summed E-state index contributed by atoms with van der Waals surface area (Å²) in [6.45, 7) is 1.65. The number of hydrogen-bond donors (Lipinski definition) is 2. The van der Waals surface area contributed by atoms with E-state index in [1.54, 1.807) is 18.3 Å². The summed E-state index contributed by atoms with van der Waals surface area (Å²) < 4.78 is 1.88. The van der Waals surface area contributed by atoms with E-state index in [0.717, 1.165) is 25.2 Å². The lowest BCUT2D eigenvalue weighted by atomic mass is 10.1. The first-order valence-electron chi connectivity index (χ1n) is 5.80. The van der Waals surface area contributed by atoms with Gasteiger partial charge in [-0.2, -0.15) is 10.4 Å². The van der Waals surface area contributed by atoms with Gasteiger partial charge in [-0.3, -0.25) is 4.68 Å². The van der Waals surface area contributed by atoms with Crippen molar-refractivity contribution in [2.24, 2.45) is 0 Å². The van der Waals surface area contributed by atoms with Crippen LogP contribution in [0, 0.1) is 11.3 Å². The van der Waals surface area contributed by atoms with Crippen LogP contribution in [0.25, 0.3) is 0 Å². The second-order valence-corrected chi connectivity index (χ2v) is 3.97. The molecule has 0 amide bonds. The fourth-order valence-electron chi connectivity index (χ4n) is 1.71. The van der Waals surface area contributed by atoms with Gasteiger partial charge in [0.2, 0.25) is 0 Å². The van der Waals surface area contributed by atoms with Gasteiger partial charge in [0.25, 0.3) is 0 Å². The molecular formula is C13H15N5. The van der Waals surface area contributed by atoms with E-state index in [1.807, 2.05) is 23.0 Å². The van der Waals surface area contributed by atoms with E-state index in [0.29, 0.717) is 11.3 Å². The Kier molecular flexibility index (Phi) is 3.82. The van der Waals surface area contributed by atoms with Crippen LogP contribution in [-0.4, -0.2) is 16.3 Å². The molecule has 0 aliphatic rings. The number of aromatic nitrogens is 2. The van der Waals surface area contributed by atoms with Crippen LogP contribution in [0.15, 0.2) is 36.7 Å². The molecule has 0 bridgehead atoms. The third kappa shape index (κ3) is 3.01. The summed E-state index contributed by atoms with van der Waals surface area (Å²) in [6.07, 6.45) is 4.64. The molecular weight excluding hydrogens is 226 g/mol. The van der Waals surface area contributed by atoms with Crippen molar-refractivity contribution in [1.82, 2.24) is 9.78 Å². The Bertz CT molecular complexity index is 539. The SMILES string of the molecule is N#Cc1cc(N)ccc1NCCCn1cccn1. The molecule has 18 heavy (non-hydrogen) atoms. The highest BCUT2D eigenvalue weighted by Crippen LogP contribution is 2.17. The third-order valence-corrected chi connectivity index (χ3v) is 2.60. The van der Waals surface area contributed by atoms with Gasteiger partial charge in [0, 0.05) is 31.2 Å². The van der Waals surface area contributed by atoms with Crippen LogP contribution in [0.1, 0.15) is 12.0 Å². The molecule has 0 fully saturated rings. The maximum atomic E-state index is 8.99. The number of anilines is 2. The van der Waals surface area contributed by atoms with Gasteiger partial charge in [0.05, 0.1) is 11.3 Å². The molecule has 0 radical (unpaired) electrons. The first kappa shape index (κ1) is 12.0. The molecule has 3 N–H and O–H groups in total. The number of nitrogens with zero attached hydrogens (tertiary/aromatic N) is 3. The summed E-state index contributed by atoms with van der Waals surface area (Å²) in [6, 6.07) is 9.33. The standard InChI is InChI=1S/C13H15N5/c14-10-11-9-12(15)3-4-13(11)16-5-1-7-18-8-2-6-17-18/h2-4,6,8-9,16H,1,5,7,15H2. The van der Waals surface area contributed by atoms with Crippen LogP contribution in [-0.2, 0) is 6.54 Å². The number of nitrogens with one attached hydrogen (secondary N) is 1. The van der Waals surface area contributed by atoms with Gasteiger partial charge in [-0.05, 0) is 30.7 Å². The molecule has 0 saturated heterocycles. The summed E-state index contributed by atoms with van der Waals surface area (Å²) in [5.74, 6) is 0. The monoisotopic (exact) mass is 241 g/mol. The molecule has 5 nitrogen and oxygen atoms in total. The van der Waals surface area contributed by atoms with Gasteiger partial charge >= 0.3 is 0 Å². The summed E-state index contributed by atoms with van der Waals surface area (Å²) >= 11 is 0. The molecule has 5 heteroatoms. The predicted molar refractivity (Wildman–Crippen MR) is 70.9 cm³/mol. The lowest BCUT2D eigenvalue weighted by Gasteiger charge is -2.08. The van der Waals surface area contributed by atoms with Crippen LogP contribution in [0.2, 0.25) is 0 Å². The van der Waals surface area contributed by atoms with Crippen molar-refractivity contribution >= 4 is 11.4 Å². The highest BCUT2D eigenvalue weighted by Gasteiger charge is 2.01. The van der Waals surface area contributed by atoms with E-state index in [9.17, 15) is 0 Å². The summed E-state index contributed by atoms with van der Waals surface area (Å²) in [4.78, 5) is 0. The minimum absolute atomic E-state index is 0.578. The molecule has 0 spiro atoms. The van der Waals surface area contributed by atoms with E-state index in [2.05, 4.69) is 16.5 Å². The summed E-state index contributed by atoms with van der Waals surface area (Å²) in [7, 11) is 0. The highest BCUT2D eigenvalue weighted by atomic mass is 15.3. The van der Waals surface area contributed by atoms with Crippen LogP contribution in [0.4, 0.5) is 11.4 Å². The number of nitrogens with two attached hydrogens (primary N) is 1. The lowest BCUT2D eigenvalue weighted by Crippen LogP contribution is -2.08. The minimum Gasteiger partial charge on any atom is -0.399 e. The first-order chi connectivity index (χ1) is 8.79. The number of nitriles is 1. The van der Waals surface area contributed by atoms with Crippen molar-refractivity contribution in [1.29, 1.82) is 5.26 Å². The Balaban J connectivity index is 1.85. The lowest BCUT2D eigenvalue weighted by molar-refractivity contribution is 0.592. The molecule has 0 aliphatic carbocycles. The zero-order valence-electron chi connectivity index (χ0n) is 10.0. The van der Waals surface area contributed by atoms with Gasteiger partial charge in [0.15, 0.2) is 0 Å². The van der Waals surface area contributed by atoms with Gasteiger partial charge in [-0.25, -0.2) is 0 Å². The minimum atomic E-state index is 0.578. The quantitative estimate of drug-likeness (QED) is 0.618. The van der Waals surface area contributed by atoms with Crippen molar-refractivity contribution in [2.45, 2.75) is 13.0 Å². The average Bonchev–Trinajstić information content (AvgIpc) is 2.89. The molecule has 1 heterocycles. The zero-order chi connectivity index (χ0) is 12.8. The van der Waals surface area contributed by atoms with Crippen molar-refractivity contribution in [3.8, 4) is 6.07 Å². The summed E-state index contributed by atoms with van der Waals surface area (Å²) in [5.41, 5.74) is 7.64. The Morgan fingerprint density at radius 2 is 2.33 bits per heavy atom. The maximum absolute atomic E-state index is 8.99. The summed E-state index contributed by atoms with van der Waals surface area (Å²) in [5, 5.41) is 16.4. The smallest absolute Gasteiger partial charge is 0.101 e. The number of rotatable bonds is 5. The van der Waals surface area contributed by atoms with E-state index >= 15 is 0 Å². The van der Waals surface area contributed by atoms with Crippen molar-refractivity contribution < 1.29 is 0 Å². The van der Waals surface area contributed by atoms with Crippen LogP contribution < -0.4 is 11.1 Å². The number of nitrogen functional groups attached to an aromatic ring is 1. The molecule has 0 unspecified atom stereocenters. The topological polar surface area (TPSA) is 79.7 Å². The largest absolute Gasteiger partial charge is 0.399 e. The van der Waals surface area contributed by atoms with Gasteiger partial charge < -0.3 is 11.1 Å². The fraction of sp³-hybridized carbons (Fsp3) is 0.231. The molecule has 0 atom stereocenters. The Hall–Kier alpha value is -2.48. The second-order valence-electron chi connectivity index (χ2n) is 3.97. The Morgan fingerprint density at radius 3 is 3.06 bits per heavy atom. The Morgan fingerprint density at radius 1 is 1.44 bits per heavy atom. The molecule has 2 aromatic rings. The Labute approximate surface area is 106 Å². The van der Waals surface area contributed by atoms with Crippen molar-refractivity contribution in [3.05, 3.63) is 42.2 Å². The zero-order valence-corrected chi connectivity index (χ0v) is 10.0. The maximum Gasteiger partial charge on any atom is 0.101 e. The molecule has 1 aromatic carbocycles. The number of aryl methyl sites for hydroxylation is 1. The van der Waals surface area contributed by atoms with Crippen LogP contribution in [0.5, 0.6) is 0 Å². The number of hydrogen-bond acceptors (Lipinski definition) is 4. The third-order valence-electron chi connectivity index (χ3n) is 2.60. The molecule has 0 saturated carbocycles. The van der Waals surface area contributed by atoms with Crippen molar-refractivity contribution in [3.63, 3.8) is 0 Å². The van der Waals surface area contributed by atoms with E-state index < -0.39 is 0 Å². The van der Waals surface area contributed by atoms with Gasteiger partial charge in [0.1, 0.15) is 6.07 Å². The van der Waals surface area contributed by atoms with E-state index in [4.69, 9.17) is 11.0 Å². The van der Waals surface area contributed by atoms with Crippen LogP contribution in [0.3, 0.4) is 0 Å². The second kappa shape index (κ2) is 5.73. The molecule has 92 valence electrons. The van der Waals surface area contributed by atoms with Gasteiger partial charge in [-0.15, -0.1) is 0 Å². The molecule has 1 aromatic heterocycles. The van der Waals surface area contributed by atoms with E-state index in [-0.39, 0.29) is 0 Å². The average molecular weight is 241 g/mol. The predicted octanol–water partition coefficient (Wildman–Crippen LogP) is 1.84. The normalized spacial score (nSPS) is 9.94. The van der Waals surface area contributed by atoms with Crippen molar-refractivity contribution in [2.75, 3.05) is 17.6 Å². The highest BCUT2D eigenvalue weighted by molar-refractivity contribution is 5.62. The molecule has 2 rings (SSSR count). The number of benzene rings is 1. The first-order valence-corrected chi connectivity index (χ1v) is 5.80. The fourth-order valence-corrected chi connectivity index (χ4v) is 1.71. The van der Waals surface area contributed by atoms with Crippen LogP contribution >= 0.6 is 0 Å². The van der Waals surface area contributed by atoms with Gasteiger partial charge in [-0.1, -0.05) is 0 Å². The van der Waals surface area contributed by atoms with E-state index in [1.165, 1.54) is 0 Å².